The zero-order valence-corrected chi connectivity index (χ0v) is 19.8. The Morgan fingerprint density at radius 3 is 2.41 bits per heavy atom. The summed E-state index contributed by atoms with van der Waals surface area (Å²) in [5.74, 6) is -1.16. The highest BCUT2D eigenvalue weighted by Gasteiger charge is 2.45. The van der Waals surface area contributed by atoms with E-state index in [0.29, 0.717) is 46.5 Å². The molecule has 0 unspecified atom stereocenters. The molecule has 1 N–H and O–H groups in total. The van der Waals surface area contributed by atoms with Gasteiger partial charge in [0.05, 0.1) is 23.2 Å². The second-order valence-corrected chi connectivity index (χ2v) is 8.62. The number of ether oxygens (including phenoxy) is 1. The third-order valence-corrected chi connectivity index (χ3v) is 5.78. The quantitative estimate of drug-likeness (QED) is 0.337. The summed E-state index contributed by atoms with van der Waals surface area (Å²) in [7, 11) is 3.89. The Kier molecular flexibility index (Phi) is 7.82. The van der Waals surface area contributed by atoms with Gasteiger partial charge in [0.15, 0.2) is 0 Å². The predicted octanol–water partition coefficient (Wildman–Crippen LogP) is 4.77. The Morgan fingerprint density at radius 2 is 1.81 bits per heavy atom. The maximum atomic E-state index is 13.0. The van der Waals surface area contributed by atoms with Gasteiger partial charge in [0.1, 0.15) is 11.5 Å². The van der Waals surface area contributed by atoms with Crippen LogP contribution in [0.1, 0.15) is 30.5 Å². The van der Waals surface area contributed by atoms with Crippen molar-refractivity contribution in [1.29, 1.82) is 0 Å². The van der Waals surface area contributed by atoms with Gasteiger partial charge in [0, 0.05) is 17.1 Å². The highest BCUT2D eigenvalue weighted by atomic mass is 35.5. The number of halogens is 2. The van der Waals surface area contributed by atoms with Gasteiger partial charge in [-0.15, -0.1) is 0 Å². The summed E-state index contributed by atoms with van der Waals surface area (Å²) >= 11 is 12.3. The molecule has 1 atom stereocenters. The van der Waals surface area contributed by atoms with E-state index in [1.54, 1.807) is 36.4 Å². The van der Waals surface area contributed by atoms with Crippen LogP contribution < -0.4 is 4.74 Å². The summed E-state index contributed by atoms with van der Waals surface area (Å²) in [5, 5.41) is 12.0. The zero-order valence-electron chi connectivity index (χ0n) is 18.3. The maximum absolute atomic E-state index is 13.0. The molecule has 0 spiro atoms. The molecule has 0 bridgehead atoms. The largest absolute Gasteiger partial charge is 0.507 e. The minimum Gasteiger partial charge on any atom is -0.507 e. The molecule has 0 aromatic heterocycles. The van der Waals surface area contributed by atoms with E-state index in [0.717, 1.165) is 6.54 Å². The number of likely N-dealkylation sites (tertiary alicyclic amines) is 1. The van der Waals surface area contributed by atoms with E-state index >= 15 is 0 Å². The van der Waals surface area contributed by atoms with Gasteiger partial charge in [0.2, 0.25) is 0 Å². The molecule has 0 aliphatic carbocycles. The van der Waals surface area contributed by atoms with Gasteiger partial charge in [-0.25, -0.2) is 0 Å². The topological polar surface area (TPSA) is 70.1 Å². The first kappa shape index (κ1) is 24.1. The lowest BCUT2D eigenvalue weighted by Crippen LogP contribution is -2.32. The minimum absolute atomic E-state index is 0.0300. The highest BCUT2D eigenvalue weighted by molar-refractivity contribution is 6.46. The zero-order chi connectivity index (χ0) is 23.4. The molecule has 1 heterocycles. The summed E-state index contributed by atoms with van der Waals surface area (Å²) < 4.78 is 5.44. The van der Waals surface area contributed by atoms with Crippen LogP contribution in [0, 0.1) is 0 Å². The molecule has 1 amide bonds. The van der Waals surface area contributed by atoms with Crippen LogP contribution in [-0.4, -0.2) is 60.4 Å². The number of aliphatic hydroxyl groups is 1. The van der Waals surface area contributed by atoms with E-state index in [1.807, 2.05) is 25.9 Å². The Labute approximate surface area is 198 Å². The van der Waals surface area contributed by atoms with E-state index < -0.39 is 17.7 Å². The van der Waals surface area contributed by atoms with Gasteiger partial charge < -0.3 is 19.6 Å². The van der Waals surface area contributed by atoms with E-state index in [2.05, 4.69) is 0 Å². The summed E-state index contributed by atoms with van der Waals surface area (Å²) in [6, 6.07) is 11.0. The summed E-state index contributed by atoms with van der Waals surface area (Å²) in [4.78, 5) is 29.5. The lowest BCUT2D eigenvalue weighted by Gasteiger charge is -2.26. The Morgan fingerprint density at radius 1 is 1.12 bits per heavy atom. The summed E-state index contributed by atoms with van der Waals surface area (Å²) in [5.41, 5.74) is 1.06. The fourth-order valence-electron chi connectivity index (χ4n) is 3.74. The molecule has 170 valence electrons. The van der Waals surface area contributed by atoms with Gasteiger partial charge >= 0.3 is 0 Å². The van der Waals surface area contributed by atoms with Crippen molar-refractivity contribution in [3.8, 4) is 5.75 Å². The second kappa shape index (κ2) is 10.4. The fraction of sp³-hybridized carbons (Fsp3) is 0.333. The van der Waals surface area contributed by atoms with Crippen LogP contribution in [-0.2, 0) is 9.59 Å². The molecule has 2 aromatic rings. The molecule has 32 heavy (non-hydrogen) atoms. The Hall–Kier alpha value is -2.54. The van der Waals surface area contributed by atoms with Gasteiger partial charge in [-0.1, -0.05) is 35.3 Å². The van der Waals surface area contributed by atoms with Crippen LogP contribution in [0.3, 0.4) is 0 Å². The minimum atomic E-state index is -0.725. The van der Waals surface area contributed by atoms with Crippen molar-refractivity contribution < 1.29 is 19.4 Å². The van der Waals surface area contributed by atoms with Crippen molar-refractivity contribution >= 4 is 40.7 Å². The number of Topliss-reactive ketones (excluding diaryl/α,β-unsaturated/α-hetero) is 1. The number of amides is 1. The lowest BCUT2D eigenvalue weighted by molar-refractivity contribution is -0.139. The number of carbonyl (C=O) groups is 2. The third kappa shape index (κ3) is 5.09. The Balaban J connectivity index is 2.08. The first-order valence-electron chi connectivity index (χ1n) is 10.4. The smallest absolute Gasteiger partial charge is 0.295 e. The molecule has 1 aliphatic heterocycles. The maximum Gasteiger partial charge on any atom is 0.295 e. The fourth-order valence-corrected chi connectivity index (χ4v) is 4.10. The number of rotatable bonds is 8. The monoisotopic (exact) mass is 476 g/mol. The number of hydrogen-bond acceptors (Lipinski definition) is 5. The molecule has 0 radical (unpaired) electrons. The van der Waals surface area contributed by atoms with Crippen molar-refractivity contribution in [3.63, 3.8) is 0 Å². The predicted molar refractivity (Wildman–Crippen MR) is 126 cm³/mol. The molecular weight excluding hydrogens is 451 g/mol. The summed E-state index contributed by atoms with van der Waals surface area (Å²) in [6.07, 6.45) is 0.680. The molecule has 6 nitrogen and oxygen atoms in total. The Bertz CT molecular complexity index is 1030. The van der Waals surface area contributed by atoms with E-state index in [1.165, 1.54) is 11.0 Å². The number of aliphatic hydroxyl groups excluding tert-OH is 1. The molecule has 0 saturated carbocycles. The van der Waals surface area contributed by atoms with Crippen LogP contribution >= 0.6 is 23.2 Å². The lowest BCUT2D eigenvalue weighted by atomic mass is 9.95. The van der Waals surface area contributed by atoms with Gasteiger partial charge in [-0.2, -0.15) is 0 Å². The number of hydrogen-bond donors (Lipinski definition) is 1. The third-order valence-electron chi connectivity index (χ3n) is 5.24. The van der Waals surface area contributed by atoms with Crippen molar-refractivity contribution in [1.82, 2.24) is 9.80 Å². The second-order valence-electron chi connectivity index (χ2n) is 7.78. The van der Waals surface area contributed by atoms with Crippen molar-refractivity contribution in [3.05, 3.63) is 69.2 Å². The van der Waals surface area contributed by atoms with Crippen LogP contribution in [0.15, 0.2) is 48.0 Å². The van der Waals surface area contributed by atoms with Crippen LogP contribution in [0.25, 0.3) is 5.76 Å². The standard InChI is InChI=1S/C24H26Cl2N2O4/c1-4-32-19-11-8-16(14-18(19)26)22(29)20-21(15-6-9-17(25)10-7-15)28(24(31)23(20)30)13-5-12-27(2)3/h6-11,14,21,29H,4-5,12-13H2,1-3H3/b22-20+/t21-/m1/s1. The van der Waals surface area contributed by atoms with Gasteiger partial charge in [-0.05, 0) is 69.9 Å². The van der Waals surface area contributed by atoms with Crippen LogP contribution in [0.4, 0.5) is 0 Å². The van der Waals surface area contributed by atoms with Crippen molar-refractivity contribution in [2.45, 2.75) is 19.4 Å². The van der Waals surface area contributed by atoms with Crippen molar-refractivity contribution in [2.24, 2.45) is 0 Å². The number of nitrogens with zero attached hydrogens (tertiary/aromatic N) is 2. The normalized spacial score (nSPS) is 17.9. The molecule has 3 rings (SSSR count). The van der Waals surface area contributed by atoms with E-state index in [-0.39, 0.29) is 11.3 Å². The van der Waals surface area contributed by atoms with Crippen LogP contribution in [0.5, 0.6) is 5.75 Å². The number of carbonyl (C=O) groups excluding carboxylic acids is 2. The summed E-state index contributed by atoms with van der Waals surface area (Å²) in [6.45, 7) is 3.41. The first-order chi connectivity index (χ1) is 15.2. The molecular formula is C24H26Cl2N2O4. The molecule has 1 saturated heterocycles. The van der Waals surface area contributed by atoms with Crippen LogP contribution in [0.2, 0.25) is 10.0 Å². The molecule has 8 heteroatoms. The first-order valence-corrected chi connectivity index (χ1v) is 11.1. The average Bonchev–Trinajstić information content (AvgIpc) is 3.00. The molecule has 1 fully saturated rings. The number of benzene rings is 2. The van der Waals surface area contributed by atoms with Crippen molar-refractivity contribution in [2.75, 3.05) is 33.8 Å². The molecule has 1 aliphatic rings. The average molecular weight is 477 g/mol. The van der Waals surface area contributed by atoms with Gasteiger partial charge in [-0.3, -0.25) is 9.59 Å². The van der Waals surface area contributed by atoms with E-state index in [4.69, 9.17) is 27.9 Å². The number of ketones is 1. The highest BCUT2D eigenvalue weighted by Crippen LogP contribution is 2.40. The van der Waals surface area contributed by atoms with Gasteiger partial charge in [0.25, 0.3) is 11.7 Å². The SMILES string of the molecule is CCOc1ccc(/C(O)=C2\C(=O)C(=O)N(CCCN(C)C)[C@@H]2c2ccc(Cl)cc2)cc1Cl. The molecule has 2 aromatic carbocycles. The van der Waals surface area contributed by atoms with E-state index in [9.17, 15) is 14.7 Å².